The molecule has 1 aromatic carbocycles. The van der Waals surface area contributed by atoms with Crippen LogP contribution in [0.4, 0.5) is 8.78 Å². The lowest BCUT2D eigenvalue weighted by Crippen LogP contribution is -2.38. The fourth-order valence-corrected chi connectivity index (χ4v) is 1.72. The predicted molar refractivity (Wildman–Crippen MR) is 70.5 cm³/mol. The van der Waals surface area contributed by atoms with Crippen molar-refractivity contribution in [1.82, 2.24) is 5.32 Å². The second kappa shape index (κ2) is 6.84. The quantitative estimate of drug-likeness (QED) is 0.822. The lowest BCUT2D eigenvalue weighted by atomic mass is 10.2. The van der Waals surface area contributed by atoms with Gasteiger partial charge in [-0.25, -0.2) is 8.78 Å². The number of hydrogen-bond acceptors (Lipinski definition) is 2. The van der Waals surface area contributed by atoms with Crippen molar-refractivity contribution in [2.24, 2.45) is 0 Å². The normalized spacial score (nSPS) is 11.8. The molecule has 0 aliphatic carbocycles. The number of rotatable bonds is 5. The number of nitrogens with one attached hydrogen (secondary N) is 1. The van der Waals surface area contributed by atoms with Crippen molar-refractivity contribution in [2.75, 3.05) is 13.2 Å². The minimum Gasteiger partial charge on any atom is -0.390 e. The van der Waals surface area contributed by atoms with Gasteiger partial charge in [0, 0.05) is 16.1 Å². The molecule has 0 radical (unpaired) electrons. The van der Waals surface area contributed by atoms with Crippen LogP contribution in [0.15, 0.2) is 24.3 Å². The molecule has 19 heavy (non-hydrogen) atoms. The van der Waals surface area contributed by atoms with Gasteiger partial charge in [-0.3, -0.25) is 4.79 Å². The van der Waals surface area contributed by atoms with Crippen LogP contribution >= 0.6 is 23.2 Å². The molecule has 0 unspecified atom stereocenters. The second-order valence-electron chi connectivity index (χ2n) is 3.77. The number of carbonyl (C=O) groups is 1. The Bertz CT molecular complexity index is 472. The van der Waals surface area contributed by atoms with Crippen molar-refractivity contribution >= 4 is 35.2 Å². The van der Waals surface area contributed by atoms with Gasteiger partial charge in [0.05, 0.1) is 6.54 Å². The first-order valence-electron chi connectivity index (χ1n) is 5.23. The summed E-state index contributed by atoms with van der Waals surface area (Å²) >= 11 is 11.5. The lowest BCUT2D eigenvalue weighted by Gasteiger charge is -2.12. The molecule has 3 nitrogen and oxygen atoms in total. The van der Waals surface area contributed by atoms with E-state index in [2.05, 4.69) is 0 Å². The summed E-state index contributed by atoms with van der Waals surface area (Å²) in [7, 11) is 0. The van der Waals surface area contributed by atoms with Crippen molar-refractivity contribution in [1.29, 1.82) is 0 Å². The average molecular weight is 310 g/mol. The molecule has 0 aliphatic rings. The highest BCUT2D eigenvalue weighted by molar-refractivity contribution is 6.34. The monoisotopic (exact) mass is 309 g/mol. The van der Waals surface area contributed by atoms with E-state index >= 15 is 0 Å². The zero-order chi connectivity index (χ0) is 14.5. The molecule has 0 atom stereocenters. The zero-order valence-electron chi connectivity index (χ0n) is 9.67. The van der Waals surface area contributed by atoms with Crippen LogP contribution in [0.1, 0.15) is 5.56 Å². The second-order valence-corrected chi connectivity index (χ2v) is 4.64. The maximum atomic E-state index is 12.7. The van der Waals surface area contributed by atoms with Crippen LogP contribution < -0.4 is 5.32 Å². The van der Waals surface area contributed by atoms with E-state index < -0.39 is 25.0 Å². The SMILES string of the molecule is O=C(/C=C/c1cc(Cl)cc(Cl)c1)NCC(F)(F)CO. The molecule has 1 rings (SSSR count). The zero-order valence-corrected chi connectivity index (χ0v) is 11.2. The Kier molecular flexibility index (Phi) is 5.72. The van der Waals surface area contributed by atoms with Gasteiger partial charge in [0.25, 0.3) is 5.92 Å². The largest absolute Gasteiger partial charge is 0.390 e. The van der Waals surface area contributed by atoms with Crippen molar-refractivity contribution in [3.8, 4) is 0 Å². The molecule has 1 aromatic rings. The van der Waals surface area contributed by atoms with E-state index in [1.54, 1.807) is 12.1 Å². The number of alkyl halides is 2. The van der Waals surface area contributed by atoms with E-state index in [0.29, 0.717) is 15.6 Å². The molecule has 0 saturated carbocycles. The van der Waals surface area contributed by atoms with Crippen molar-refractivity contribution in [3.05, 3.63) is 39.9 Å². The highest BCUT2D eigenvalue weighted by atomic mass is 35.5. The number of hydrogen-bond donors (Lipinski definition) is 2. The predicted octanol–water partition coefficient (Wildman–Crippen LogP) is 2.75. The summed E-state index contributed by atoms with van der Waals surface area (Å²) in [6.07, 6.45) is 2.47. The van der Waals surface area contributed by atoms with E-state index in [9.17, 15) is 13.6 Å². The fraction of sp³-hybridized carbons (Fsp3) is 0.250. The number of aliphatic hydroxyl groups excluding tert-OH is 1. The molecule has 1 amide bonds. The highest BCUT2D eigenvalue weighted by Gasteiger charge is 2.27. The van der Waals surface area contributed by atoms with Crippen molar-refractivity contribution in [2.45, 2.75) is 5.92 Å². The number of benzene rings is 1. The first-order valence-corrected chi connectivity index (χ1v) is 5.99. The summed E-state index contributed by atoms with van der Waals surface area (Å²) in [6, 6.07) is 4.67. The molecule has 0 saturated heterocycles. The van der Waals surface area contributed by atoms with Crippen molar-refractivity contribution in [3.63, 3.8) is 0 Å². The molecular weight excluding hydrogens is 299 g/mol. The molecule has 7 heteroatoms. The maximum Gasteiger partial charge on any atom is 0.287 e. The third kappa shape index (κ3) is 6.00. The van der Waals surface area contributed by atoms with E-state index in [1.165, 1.54) is 12.1 Å². The molecule has 0 heterocycles. The summed E-state index contributed by atoms with van der Waals surface area (Å²) in [6.45, 7) is -2.25. The third-order valence-electron chi connectivity index (χ3n) is 2.06. The summed E-state index contributed by atoms with van der Waals surface area (Å²) < 4.78 is 25.3. The molecule has 0 aromatic heterocycles. The smallest absolute Gasteiger partial charge is 0.287 e. The van der Waals surface area contributed by atoms with E-state index in [1.807, 2.05) is 5.32 Å². The van der Waals surface area contributed by atoms with Gasteiger partial charge in [-0.05, 0) is 29.8 Å². The summed E-state index contributed by atoms with van der Waals surface area (Å²) in [5, 5.41) is 11.1. The van der Waals surface area contributed by atoms with Crippen LogP contribution in [-0.4, -0.2) is 30.1 Å². The summed E-state index contributed by atoms with van der Waals surface area (Å²) in [5.41, 5.74) is 0.571. The Labute approximate surface area is 118 Å². The summed E-state index contributed by atoms with van der Waals surface area (Å²) in [4.78, 5) is 11.3. The first kappa shape index (κ1) is 15.9. The Balaban J connectivity index is 2.59. The van der Waals surface area contributed by atoms with Crippen LogP contribution in [0, 0.1) is 0 Å². The topological polar surface area (TPSA) is 49.3 Å². The van der Waals surface area contributed by atoms with Crippen LogP contribution in [0.3, 0.4) is 0 Å². The Morgan fingerprint density at radius 3 is 2.42 bits per heavy atom. The van der Waals surface area contributed by atoms with E-state index in [-0.39, 0.29) is 0 Å². The van der Waals surface area contributed by atoms with Gasteiger partial charge in [0.1, 0.15) is 6.61 Å². The van der Waals surface area contributed by atoms with Gasteiger partial charge < -0.3 is 10.4 Å². The van der Waals surface area contributed by atoms with Gasteiger partial charge in [0.15, 0.2) is 0 Å². The summed E-state index contributed by atoms with van der Waals surface area (Å²) in [5.74, 6) is -4.03. The van der Waals surface area contributed by atoms with Crippen LogP contribution in [-0.2, 0) is 4.79 Å². The standard InChI is InChI=1S/C12H11Cl2F2NO2/c13-9-3-8(4-10(14)5-9)1-2-11(19)17-6-12(15,16)7-18/h1-5,18H,6-7H2,(H,17,19)/b2-1+. The molecule has 0 bridgehead atoms. The fourth-order valence-electron chi connectivity index (χ4n) is 1.17. The molecular formula is C12H11Cl2F2NO2. The maximum absolute atomic E-state index is 12.7. The number of carbonyl (C=O) groups excluding carboxylic acids is 1. The Morgan fingerprint density at radius 1 is 1.32 bits per heavy atom. The van der Waals surface area contributed by atoms with Crippen LogP contribution in [0.25, 0.3) is 6.08 Å². The molecule has 0 fully saturated rings. The number of aliphatic hydroxyl groups is 1. The lowest BCUT2D eigenvalue weighted by molar-refractivity contribution is -0.119. The van der Waals surface area contributed by atoms with Gasteiger partial charge >= 0.3 is 0 Å². The highest BCUT2D eigenvalue weighted by Crippen LogP contribution is 2.19. The van der Waals surface area contributed by atoms with E-state index in [0.717, 1.165) is 6.08 Å². The molecule has 0 aliphatic heterocycles. The van der Waals surface area contributed by atoms with Crippen LogP contribution in [0.2, 0.25) is 10.0 Å². The average Bonchev–Trinajstić information content (AvgIpc) is 2.33. The Morgan fingerprint density at radius 2 is 1.89 bits per heavy atom. The van der Waals surface area contributed by atoms with Gasteiger partial charge in [-0.1, -0.05) is 23.2 Å². The number of amides is 1. The van der Waals surface area contributed by atoms with Crippen molar-refractivity contribution < 1.29 is 18.7 Å². The van der Waals surface area contributed by atoms with Gasteiger partial charge in [0.2, 0.25) is 5.91 Å². The number of halogens is 4. The first-order chi connectivity index (χ1) is 8.82. The Hall–Kier alpha value is -1.17. The third-order valence-corrected chi connectivity index (χ3v) is 2.50. The van der Waals surface area contributed by atoms with E-state index in [4.69, 9.17) is 28.3 Å². The minimum absolute atomic E-state index is 0.402. The van der Waals surface area contributed by atoms with Crippen LogP contribution in [0.5, 0.6) is 0 Å². The minimum atomic E-state index is -3.33. The molecule has 0 spiro atoms. The molecule has 2 N–H and O–H groups in total. The van der Waals surface area contributed by atoms with Gasteiger partial charge in [-0.2, -0.15) is 0 Å². The molecule has 104 valence electrons. The van der Waals surface area contributed by atoms with Gasteiger partial charge in [-0.15, -0.1) is 0 Å².